The minimum Gasteiger partial charge on any atom is -0.489 e. The van der Waals surface area contributed by atoms with Gasteiger partial charge in [0.2, 0.25) is 0 Å². The second kappa shape index (κ2) is 6.72. The van der Waals surface area contributed by atoms with Gasteiger partial charge in [0.25, 0.3) is 0 Å². The molecule has 1 fully saturated rings. The first-order valence-electron chi connectivity index (χ1n) is 7.71. The van der Waals surface area contributed by atoms with E-state index in [9.17, 15) is 18.0 Å². The normalized spacial score (nSPS) is 22.0. The molecule has 0 spiro atoms. The summed E-state index contributed by atoms with van der Waals surface area (Å²) in [4.78, 5) is 11.0. The molecular formula is C18H14ClF3O4. The van der Waals surface area contributed by atoms with Crippen molar-refractivity contribution in [2.24, 2.45) is 11.8 Å². The maximum atomic E-state index is 12.7. The van der Waals surface area contributed by atoms with Gasteiger partial charge in [0.15, 0.2) is 0 Å². The Morgan fingerprint density at radius 2 is 1.85 bits per heavy atom. The lowest BCUT2D eigenvalue weighted by atomic mass is 10.2. The smallest absolute Gasteiger partial charge is 0.416 e. The molecule has 1 aliphatic rings. The molecule has 0 heterocycles. The zero-order valence-corrected chi connectivity index (χ0v) is 14.2. The van der Waals surface area contributed by atoms with E-state index in [0.717, 1.165) is 18.2 Å². The second-order valence-electron chi connectivity index (χ2n) is 6.03. The van der Waals surface area contributed by atoms with E-state index in [-0.39, 0.29) is 16.7 Å². The molecule has 1 saturated carbocycles. The lowest BCUT2D eigenvalue weighted by Gasteiger charge is -2.12. The molecule has 3 atom stereocenters. The molecule has 1 N–H and O–H groups in total. The zero-order valence-electron chi connectivity index (χ0n) is 13.5. The van der Waals surface area contributed by atoms with Crippen molar-refractivity contribution in [2.75, 3.05) is 0 Å². The van der Waals surface area contributed by atoms with Crippen LogP contribution >= 0.6 is 11.6 Å². The molecule has 0 aromatic heterocycles. The molecule has 0 bridgehead atoms. The first-order valence-corrected chi connectivity index (χ1v) is 8.09. The van der Waals surface area contributed by atoms with E-state index in [1.807, 2.05) is 0 Å². The van der Waals surface area contributed by atoms with Gasteiger partial charge in [-0.05, 0) is 30.3 Å². The van der Waals surface area contributed by atoms with Crippen molar-refractivity contribution < 1.29 is 32.5 Å². The van der Waals surface area contributed by atoms with Gasteiger partial charge >= 0.3 is 12.1 Å². The number of benzene rings is 2. The fourth-order valence-corrected chi connectivity index (χ4v) is 2.85. The molecule has 8 heteroatoms. The fraction of sp³-hybridized carbons (Fsp3) is 0.278. The Balaban J connectivity index is 1.72. The lowest BCUT2D eigenvalue weighted by Crippen LogP contribution is -2.07. The molecule has 2 aromatic rings. The molecule has 0 aliphatic heterocycles. The first kappa shape index (κ1) is 18.4. The topological polar surface area (TPSA) is 55.8 Å². The van der Waals surface area contributed by atoms with Gasteiger partial charge in [0, 0.05) is 12.0 Å². The summed E-state index contributed by atoms with van der Waals surface area (Å²) in [5.74, 6) is -0.771. The van der Waals surface area contributed by atoms with Gasteiger partial charge in [-0.3, -0.25) is 4.79 Å². The molecular weight excluding hydrogens is 373 g/mol. The standard InChI is InChI=1S/C18H14ClF3O4/c1-9-15(17(23)24)16(9)26-12-4-2-3-11(8-12)25-14-6-5-10(7-13(14)19)18(20,21)22/h2-9,15-16H,1H3,(H,23,24)/t9-,15-,16-/m1/s1. The third kappa shape index (κ3) is 3.88. The van der Waals surface area contributed by atoms with Gasteiger partial charge in [-0.25, -0.2) is 0 Å². The van der Waals surface area contributed by atoms with E-state index >= 15 is 0 Å². The molecule has 0 unspecified atom stereocenters. The molecule has 2 aromatic carbocycles. The number of halogens is 4. The summed E-state index contributed by atoms with van der Waals surface area (Å²) in [5.41, 5.74) is -0.866. The molecule has 4 nitrogen and oxygen atoms in total. The van der Waals surface area contributed by atoms with E-state index in [4.69, 9.17) is 26.2 Å². The predicted molar refractivity (Wildman–Crippen MR) is 87.7 cm³/mol. The average Bonchev–Trinajstić information content (AvgIpc) is 3.18. The Labute approximate surface area is 152 Å². The Morgan fingerprint density at radius 3 is 2.42 bits per heavy atom. The number of alkyl halides is 3. The molecule has 3 rings (SSSR count). The third-order valence-corrected chi connectivity index (χ3v) is 4.44. The van der Waals surface area contributed by atoms with E-state index in [1.165, 1.54) is 6.07 Å². The number of carboxylic acids is 1. The van der Waals surface area contributed by atoms with Crippen molar-refractivity contribution >= 4 is 17.6 Å². The Morgan fingerprint density at radius 1 is 1.15 bits per heavy atom. The van der Waals surface area contributed by atoms with Crippen molar-refractivity contribution in [2.45, 2.75) is 19.2 Å². The minimum atomic E-state index is -4.49. The summed E-state index contributed by atoms with van der Waals surface area (Å²) in [6.45, 7) is 1.78. The Hall–Kier alpha value is -2.41. The summed E-state index contributed by atoms with van der Waals surface area (Å²) in [5, 5.41) is 8.86. The van der Waals surface area contributed by atoms with Gasteiger partial charge in [0.05, 0.1) is 16.5 Å². The van der Waals surface area contributed by atoms with Gasteiger partial charge < -0.3 is 14.6 Å². The number of aliphatic carboxylic acids is 1. The first-order chi connectivity index (χ1) is 12.2. The molecule has 0 saturated heterocycles. The summed E-state index contributed by atoms with van der Waals surface area (Å²) >= 11 is 5.87. The highest BCUT2D eigenvalue weighted by Gasteiger charge is 2.54. The molecule has 0 radical (unpaired) electrons. The Bertz CT molecular complexity index is 837. The highest BCUT2D eigenvalue weighted by atomic mass is 35.5. The molecule has 26 heavy (non-hydrogen) atoms. The van der Waals surface area contributed by atoms with Crippen LogP contribution in [0.1, 0.15) is 12.5 Å². The maximum absolute atomic E-state index is 12.7. The number of carboxylic acid groups (broad SMARTS) is 1. The van der Waals surface area contributed by atoms with Crippen molar-refractivity contribution in [3.63, 3.8) is 0 Å². The highest BCUT2D eigenvalue weighted by Crippen LogP contribution is 2.43. The van der Waals surface area contributed by atoms with Gasteiger partial charge in [-0.2, -0.15) is 13.2 Å². The van der Waals surface area contributed by atoms with E-state index in [2.05, 4.69) is 0 Å². The number of rotatable bonds is 5. The van der Waals surface area contributed by atoms with Crippen LogP contribution in [0.2, 0.25) is 5.02 Å². The van der Waals surface area contributed by atoms with Crippen LogP contribution in [0.3, 0.4) is 0 Å². The van der Waals surface area contributed by atoms with Crippen LogP contribution in [-0.4, -0.2) is 17.2 Å². The summed E-state index contributed by atoms with van der Waals surface area (Å²) in [6.07, 6.45) is -4.91. The monoisotopic (exact) mass is 386 g/mol. The minimum absolute atomic E-state index is 0.0695. The van der Waals surface area contributed by atoms with Gasteiger partial charge in [-0.15, -0.1) is 0 Å². The highest BCUT2D eigenvalue weighted by molar-refractivity contribution is 6.32. The van der Waals surface area contributed by atoms with Crippen LogP contribution < -0.4 is 9.47 Å². The fourth-order valence-electron chi connectivity index (χ4n) is 2.63. The molecule has 0 amide bonds. The number of ether oxygens (including phenoxy) is 2. The van der Waals surface area contributed by atoms with Crippen LogP contribution in [0.5, 0.6) is 17.2 Å². The quantitative estimate of drug-likeness (QED) is 0.762. The summed E-state index contributed by atoms with van der Waals surface area (Å²) < 4.78 is 49.2. The lowest BCUT2D eigenvalue weighted by molar-refractivity contribution is -0.139. The zero-order chi connectivity index (χ0) is 19.1. The van der Waals surface area contributed by atoms with E-state index in [1.54, 1.807) is 25.1 Å². The predicted octanol–water partition coefficient (Wildman–Crippen LogP) is 5.25. The Kier molecular flexibility index (Phi) is 4.75. The van der Waals surface area contributed by atoms with Gasteiger partial charge in [-0.1, -0.05) is 24.6 Å². The summed E-state index contributed by atoms with van der Waals surface area (Å²) in [6, 6.07) is 9.20. The number of carbonyl (C=O) groups is 1. The van der Waals surface area contributed by atoms with Crippen LogP contribution in [0.25, 0.3) is 0 Å². The van der Waals surface area contributed by atoms with E-state index < -0.39 is 29.7 Å². The third-order valence-electron chi connectivity index (χ3n) is 4.15. The van der Waals surface area contributed by atoms with Crippen LogP contribution in [-0.2, 0) is 11.0 Å². The van der Waals surface area contributed by atoms with Crippen LogP contribution in [0.4, 0.5) is 13.2 Å². The SMILES string of the molecule is C[C@H]1[C@@H](Oc2cccc(Oc3ccc(C(F)(F)F)cc3Cl)c2)[C@@H]1C(=O)O. The molecule has 138 valence electrons. The number of hydrogen-bond donors (Lipinski definition) is 1. The largest absolute Gasteiger partial charge is 0.489 e. The number of hydrogen-bond acceptors (Lipinski definition) is 3. The van der Waals surface area contributed by atoms with Crippen molar-refractivity contribution in [3.8, 4) is 17.2 Å². The maximum Gasteiger partial charge on any atom is 0.416 e. The van der Waals surface area contributed by atoms with Crippen molar-refractivity contribution in [3.05, 3.63) is 53.1 Å². The van der Waals surface area contributed by atoms with Crippen molar-refractivity contribution in [1.29, 1.82) is 0 Å². The van der Waals surface area contributed by atoms with Crippen LogP contribution in [0, 0.1) is 11.8 Å². The van der Waals surface area contributed by atoms with Crippen molar-refractivity contribution in [1.82, 2.24) is 0 Å². The average molecular weight is 387 g/mol. The van der Waals surface area contributed by atoms with Gasteiger partial charge in [0.1, 0.15) is 23.4 Å². The molecule has 1 aliphatic carbocycles. The second-order valence-corrected chi connectivity index (χ2v) is 6.43. The summed E-state index contributed by atoms with van der Waals surface area (Å²) in [7, 11) is 0. The van der Waals surface area contributed by atoms with E-state index in [0.29, 0.717) is 11.5 Å². The van der Waals surface area contributed by atoms with Crippen LogP contribution in [0.15, 0.2) is 42.5 Å².